The van der Waals surface area contributed by atoms with Crippen LogP contribution in [0, 0.1) is 6.92 Å². The number of aryl methyl sites for hydroxylation is 1. The van der Waals surface area contributed by atoms with Crippen LogP contribution in [0.2, 0.25) is 0 Å². The maximum atomic E-state index is 11.6. The van der Waals surface area contributed by atoms with Gasteiger partial charge < -0.3 is 19.8 Å². The first kappa shape index (κ1) is 19.4. The Labute approximate surface area is 142 Å². The summed E-state index contributed by atoms with van der Waals surface area (Å²) in [6.45, 7) is 5.82. The van der Waals surface area contributed by atoms with Crippen molar-refractivity contribution in [1.29, 1.82) is 0 Å². The van der Waals surface area contributed by atoms with Gasteiger partial charge in [-0.25, -0.2) is 9.79 Å². The summed E-state index contributed by atoms with van der Waals surface area (Å²) in [4.78, 5) is 16.1. The molecule has 23 heavy (non-hydrogen) atoms. The molecule has 6 nitrogen and oxygen atoms in total. The van der Waals surface area contributed by atoms with Gasteiger partial charge in [0.05, 0.1) is 7.11 Å². The number of ether oxygens (including phenoxy) is 1. The van der Waals surface area contributed by atoms with Gasteiger partial charge in [0, 0.05) is 13.1 Å². The highest BCUT2D eigenvalue weighted by molar-refractivity contribution is 7.98. The molecule has 0 amide bonds. The van der Waals surface area contributed by atoms with Crippen LogP contribution in [0.4, 0.5) is 0 Å². The van der Waals surface area contributed by atoms with Crippen molar-refractivity contribution < 1.29 is 13.9 Å². The minimum absolute atomic E-state index is 0.373. The Balaban J connectivity index is 2.57. The van der Waals surface area contributed by atoms with Gasteiger partial charge >= 0.3 is 5.97 Å². The first-order valence-corrected chi connectivity index (χ1v) is 9.20. The lowest BCUT2D eigenvalue weighted by atomic mass is 10.2. The average molecular weight is 341 g/mol. The fraction of sp³-hybridized carbons (Fsp3) is 0.625. The number of furan rings is 1. The fourth-order valence-electron chi connectivity index (χ4n) is 2.01. The van der Waals surface area contributed by atoms with Crippen LogP contribution < -0.4 is 10.6 Å². The highest BCUT2D eigenvalue weighted by atomic mass is 32.2. The Morgan fingerprint density at radius 2 is 2.17 bits per heavy atom. The van der Waals surface area contributed by atoms with E-state index in [2.05, 4.69) is 21.9 Å². The Morgan fingerprint density at radius 1 is 1.39 bits per heavy atom. The molecular weight excluding hydrogens is 314 g/mol. The minimum atomic E-state index is -0.389. The molecule has 0 spiro atoms. The van der Waals surface area contributed by atoms with Gasteiger partial charge in [-0.15, -0.1) is 0 Å². The second kappa shape index (κ2) is 11.0. The van der Waals surface area contributed by atoms with Crippen molar-refractivity contribution in [1.82, 2.24) is 10.6 Å². The molecule has 2 N–H and O–H groups in total. The van der Waals surface area contributed by atoms with E-state index in [1.807, 2.05) is 18.7 Å². The van der Waals surface area contributed by atoms with E-state index in [0.29, 0.717) is 23.6 Å². The molecule has 1 rings (SSSR count). The molecular formula is C16H27N3O3S. The molecule has 0 bridgehead atoms. The summed E-state index contributed by atoms with van der Waals surface area (Å²) >= 11 is 1.86. The topological polar surface area (TPSA) is 75.9 Å². The maximum Gasteiger partial charge on any atom is 0.341 e. The van der Waals surface area contributed by atoms with Crippen molar-refractivity contribution >= 4 is 23.7 Å². The molecule has 0 unspecified atom stereocenters. The van der Waals surface area contributed by atoms with E-state index in [1.54, 1.807) is 13.0 Å². The molecule has 0 saturated heterocycles. The molecule has 0 fully saturated rings. The third-order valence-electron chi connectivity index (χ3n) is 3.18. The van der Waals surface area contributed by atoms with E-state index in [9.17, 15) is 4.79 Å². The molecule has 1 aromatic rings. The molecule has 0 aliphatic carbocycles. The zero-order valence-electron chi connectivity index (χ0n) is 14.4. The van der Waals surface area contributed by atoms with Crippen LogP contribution in [-0.4, -0.2) is 44.1 Å². The van der Waals surface area contributed by atoms with Crippen molar-refractivity contribution in [2.45, 2.75) is 33.2 Å². The number of esters is 1. The van der Waals surface area contributed by atoms with Crippen LogP contribution in [0.25, 0.3) is 0 Å². The Morgan fingerprint density at radius 3 is 2.83 bits per heavy atom. The lowest BCUT2D eigenvalue weighted by Gasteiger charge is -2.10. The highest BCUT2D eigenvalue weighted by Crippen LogP contribution is 2.16. The van der Waals surface area contributed by atoms with E-state index in [-0.39, 0.29) is 5.97 Å². The van der Waals surface area contributed by atoms with Crippen molar-refractivity contribution in [3.63, 3.8) is 0 Å². The highest BCUT2D eigenvalue weighted by Gasteiger charge is 2.15. The molecule has 1 aromatic heterocycles. The lowest BCUT2D eigenvalue weighted by molar-refractivity contribution is 0.0599. The number of unbranched alkanes of at least 4 members (excludes halogenated alkanes) is 1. The third kappa shape index (κ3) is 6.99. The summed E-state index contributed by atoms with van der Waals surface area (Å²) < 4.78 is 10.3. The van der Waals surface area contributed by atoms with E-state index in [4.69, 9.17) is 9.15 Å². The van der Waals surface area contributed by atoms with E-state index < -0.39 is 0 Å². The molecule has 0 radical (unpaired) electrons. The predicted octanol–water partition coefficient (Wildman–Crippen LogP) is 2.57. The monoisotopic (exact) mass is 341 g/mol. The van der Waals surface area contributed by atoms with Crippen molar-refractivity contribution in [3.05, 3.63) is 23.2 Å². The summed E-state index contributed by atoms with van der Waals surface area (Å²) in [6.07, 6.45) is 4.41. The molecule has 0 aromatic carbocycles. The van der Waals surface area contributed by atoms with Crippen LogP contribution in [0.15, 0.2) is 15.5 Å². The molecule has 0 aliphatic rings. The molecule has 0 atom stereocenters. The van der Waals surface area contributed by atoms with Crippen LogP contribution in [0.3, 0.4) is 0 Å². The summed E-state index contributed by atoms with van der Waals surface area (Å²) in [5, 5.41) is 6.50. The number of hydrogen-bond acceptors (Lipinski definition) is 5. The molecule has 0 aliphatic heterocycles. The number of aliphatic imine (C=N–C) groups is 1. The zero-order valence-corrected chi connectivity index (χ0v) is 15.2. The number of rotatable bonds is 9. The number of nitrogens with zero attached hydrogens (tertiary/aromatic N) is 1. The lowest BCUT2D eigenvalue weighted by Crippen LogP contribution is -2.37. The van der Waals surface area contributed by atoms with E-state index in [0.717, 1.165) is 25.5 Å². The van der Waals surface area contributed by atoms with Gasteiger partial charge in [0.1, 0.15) is 23.6 Å². The number of nitrogens with one attached hydrogen (secondary N) is 2. The third-order valence-corrected chi connectivity index (χ3v) is 3.88. The van der Waals surface area contributed by atoms with Gasteiger partial charge in [-0.3, -0.25) is 0 Å². The second-order valence-electron chi connectivity index (χ2n) is 5.00. The molecule has 7 heteroatoms. The van der Waals surface area contributed by atoms with Gasteiger partial charge in [0.2, 0.25) is 0 Å². The average Bonchev–Trinajstić information content (AvgIpc) is 2.92. The van der Waals surface area contributed by atoms with Crippen molar-refractivity contribution in [3.8, 4) is 0 Å². The summed E-state index contributed by atoms with van der Waals surface area (Å²) in [5.41, 5.74) is 0.452. The number of thioether (sulfide) groups is 1. The van der Waals surface area contributed by atoms with Crippen LogP contribution >= 0.6 is 11.8 Å². The number of hydrogen-bond donors (Lipinski definition) is 2. The number of guanidine groups is 1. The van der Waals surface area contributed by atoms with Gasteiger partial charge in [-0.05, 0) is 44.8 Å². The summed E-state index contributed by atoms with van der Waals surface area (Å²) in [5.74, 6) is 2.74. The summed E-state index contributed by atoms with van der Waals surface area (Å²) in [7, 11) is 1.36. The smallest absolute Gasteiger partial charge is 0.341 e. The second-order valence-corrected chi connectivity index (χ2v) is 5.98. The fourth-order valence-corrected chi connectivity index (χ4v) is 2.50. The van der Waals surface area contributed by atoms with Crippen LogP contribution in [-0.2, 0) is 11.3 Å². The Hall–Kier alpha value is -1.63. The Kier molecular flexibility index (Phi) is 9.28. The van der Waals surface area contributed by atoms with Crippen LogP contribution in [0.1, 0.15) is 41.6 Å². The molecule has 0 saturated carbocycles. The normalized spacial score (nSPS) is 11.4. The number of carbonyl (C=O) groups is 1. The standard InChI is InChI=1S/C16H27N3O3S/c1-5-17-16(18-8-6-7-9-23-4)19-11-13-10-14(12(2)22-13)15(20)21-3/h10H,5-9,11H2,1-4H3,(H2,17,18,19). The minimum Gasteiger partial charge on any atom is -0.465 e. The zero-order chi connectivity index (χ0) is 17.1. The predicted molar refractivity (Wildman–Crippen MR) is 95.2 cm³/mol. The van der Waals surface area contributed by atoms with Gasteiger partial charge in [0.25, 0.3) is 0 Å². The van der Waals surface area contributed by atoms with E-state index in [1.165, 1.54) is 19.3 Å². The van der Waals surface area contributed by atoms with Crippen molar-refractivity contribution in [2.75, 3.05) is 32.2 Å². The largest absolute Gasteiger partial charge is 0.465 e. The quantitative estimate of drug-likeness (QED) is 0.311. The molecule has 1 heterocycles. The van der Waals surface area contributed by atoms with Gasteiger partial charge in [0.15, 0.2) is 5.96 Å². The molecule has 130 valence electrons. The first-order chi connectivity index (χ1) is 11.1. The summed E-state index contributed by atoms with van der Waals surface area (Å²) in [6, 6.07) is 1.69. The SMILES string of the molecule is CCNC(=NCc1cc(C(=O)OC)c(C)o1)NCCCCSC. The van der Waals surface area contributed by atoms with Gasteiger partial charge in [-0.1, -0.05) is 0 Å². The van der Waals surface area contributed by atoms with E-state index >= 15 is 0 Å². The van der Waals surface area contributed by atoms with Crippen molar-refractivity contribution in [2.24, 2.45) is 4.99 Å². The number of methoxy groups -OCH3 is 1. The Bertz CT molecular complexity index is 515. The maximum absolute atomic E-state index is 11.6. The van der Waals surface area contributed by atoms with Crippen LogP contribution in [0.5, 0.6) is 0 Å². The number of carbonyl (C=O) groups excluding carboxylic acids is 1. The first-order valence-electron chi connectivity index (χ1n) is 7.81. The van der Waals surface area contributed by atoms with Gasteiger partial charge in [-0.2, -0.15) is 11.8 Å².